The van der Waals surface area contributed by atoms with Gasteiger partial charge >= 0.3 is 6.01 Å². The lowest BCUT2D eigenvalue weighted by Gasteiger charge is -2.09. The Labute approximate surface area is 169 Å². The average Bonchev–Trinajstić information content (AvgIpc) is 3.20. The van der Waals surface area contributed by atoms with E-state index < -0.39 is 0 Å². The molecule has 9 nitrogen and oxygen atoms in total. The molecule has 0 aliphatic rings. The molecule has 0 aliphatic heterocycles. The average molecular weight is 393 g/mol. The summed E-state index contributed by atoms with van der Waals surface area (Å²) >= 11 is 0. The Bertz CT molecular complexity index is 1040. The van der Waals surface area contributed by atoms with Crippen molar-refractivity contribution in [3.05, 3.63) is 48.7 Å². The van der Waals surface area contributed by atoms with Gasteiger partial charge < -0.3 is 24.8 Å². The van der Waals surface area contributed by atoms with Crippen molar-refractivity contribution in [2.24, 2.45) is 0 Å². The minimum absolute atomic E-state index is 0.220. The highest BCUT2D eigenvalue weighted by Crippen LogP contribution is 2.31. The predicted octanol–water partition coefficient (Wildman–Crippen LogP) is 2.48. The van der Waals surface area contributed by atoms with E-state index in [1.165, 1.54) is 14.2 Å². The van der Waals surface area contributed by atoms with Crippen LogP contribution in [0.2, 0.25) is 0 Å². The van der Waals surface area contributed by atoms with Gasteiger partial charge in [-0.15, -0.1) is 5.10 Å². The van der Waals surface area contributed by atoms with Crippen LogP contribution in [-0.4, -0.2) is 51.7 Å². The van der Waals surface area contributed by atoms with Crippen molar-refractivity contribution in [1.29, 1.82) is 5.41 Å². The van der Waals surface area contributed by atoms with E-state index in [0.717, 1.165) is 16.8 Å². The molecule has 0 aliphatic carbocycles. The minimum Gasteiger partial charge on any atom is -0.480 e. The maximum absolute atomic E-state index is 8.00. The Kier molecular flexibility index (Phi) is 6.18. The van der Waals surface area contributed by atoms with Crippen LogP contribution in [-0.2, 0) is 6.54 Å². The summed E-state index contributed by atoms with van der Waals surface area (Å²) in [5, 5.41) is 19.5. The smallest absolute Gasteiger partial charge is 0.319 e. The topological polar surface area (TPSA) is 111 Å². The lowest BCUT2D eigenvalue weighted by molar-refractivity contribution is 0.353. The van der Waals surface area contributed by atoms with E-state index >= 15 is 0 Å². The number of methoxy groups -OCH3 is 2. The van der Waals surface area contributed by atoms with Crippen LogP contribution in [0.4, 0.5) is 0 Å². The number of aromatic nitrogens is 5. The molecule has 0 atom stereocenters. The molecule has 0 saturated carbocycles. The molecular weight excluding hydrogens is 370 g/mol. The third-order valence-corrected chi connectivity index (χ3v) is 4.23. The standard InChI is InChI=1S/C20H23N7O2/c1-13-16(14-6-8-27(11-14)12-15(21)5-7-22-2)9-18(26-25-13)17-10-23-20(29-4)24-19(17)28-3/h5-11,21-22H,12H2,1-4H3/b7-5-,21-15?. The molecule has 3 aromatic rings. The third-order valence-electron chi connectivity index (χ3n) is 4.23. The summed E-state index contributed by atoms with van der Waals surface area (Å²) in [6.07, 6.45) is 8.99. The van der Waals surface area contributed by atoms with Crippen LogP contribution in [0.5, 0.6) is 11.9 Å². The molecule has 0 unspecified atom stereocenters. The molecule has 0 saturated heterocycles. The largest absolute Gasteiger partial charge is 0.480 e. The second-order valence-corrected chi connectivity index (χ2v) is 6.23. The summed E-state index contributed by atoms with van der Waals surface area (Å²) in [5.41, 5.74) is 4.43. The molecule has 0 aromatic carbocycles. The van der Waals surface area contributed by atoms with Gasteiger partial charge in [-0.1, -0.05) is 0 Å². The number of nitrogens with one attached hydrogen (secondary N) is 2. The Morgan fingerprint density at radius 3 is 2.79 bits per heavy atom. The van der Waals surface area contributed by atoms with Crippen LogP contribution in [0.1, 0.15) is 5.69 Å². The van der Waals surface area contributed by atoms with Gasteiger partial charge in [0.1, 0.15) is 5.69 Å². The lowest BCUT2D eigenvalue weighted by atomic mass is 10.1. The van der Waals surface area contributed by atoms with E-state index in [0.29, 0.717) is 29.4 Å². The predicted molar refractivity (Wildman–Crippen MR) is 110 cm³/mol. The van der Waals surface area contributed by atoms with Crippen molar-refractivity contribution in [2.75, 3.05) is 21.3 Å². The normalized spacial score (nSPS) is 10.9. The van der Waals surface area contributed by atoms with Crippen LogP contribution < -0.4 is 14.8 Å². The quantitative estimate of drug-likeness (QED) is 0.566. The molecule has 0 radical (unpaired) electrons. The number of rotatable bonds is 8. The lowest BCUT2D eigenvalue weighted by Crippen LogP contribution is -2.05. The van der Waals surface area contributed by atoms with Gasteiger partial charge in [-0.2, -0.15) is 10.1 Å². The Hall–Kier alpha value is -3.75. The summed E-state index contributed by atoms with van der Waals surface area (Å²) in [6.45, 7) is 2.38. The van der Waals surface area contributed by atoms with Crippen molar-refractivity contribution in [3.63, 3.8) is 0 Å². The zero-order chi connectivity index (χ0) is 20.8. The first-order valence-electron chi connectivity index (χ1n) is 8.92. The second kappa shape index (κ2) is 8.96. The van der Waals surface area contributed by atoms with Crippen molar-refractivity contribution in [2.45, 2.75) is 13.5 Å². The van der Waals surface area contributed by atoms with Gasteiger partial charge in [0, 0.05) is 36.8 Å². The highest BCUT2D eigenvalue weighted by atomic mass is 16.5. The van der Waals surface area contributed by atoms with Crippen LogP contribution in [0.25, 0.3) is 22.4 Å². The molecule has 0 bridgehead atoms. The molecule has 150 valence electrons. The first-order valence-corrected chi connectivity index (χ1v) is 8.92. The van der Waals surface area contributed by atoms with Crippen molar-refractivity contribution in [3.8, 4) is 34.3 Å². The van der Waals surface area contributed by atoms with Crippen molar-refractivity contribution >= 4 is 5.71 Å². The summed E-state index contributed by atoms with van der Waals surface area (Å²) in [5.74, 6) is 0.364. The first-order chi connectivity index (χ1) is 14.0. The van der Waals surface area contributed by atoms with E-state index in [2.05, 4.69) is 25.5 Å². The van der Waals surface area contributed by atoms with Gasteiger partial charge in [-0.25, -0.2) is 4.98 Å². The molecule has 0 amide bonds. The highest BCUT2D eigenvalue weighted by molar-refractivity contribution is 5.92. The Morgan fingerprint density at radius 2 is 2.07 bits per heavy atom. The third kappa shape index (κ3) is 4.57. The number of hydrogen-bond donors (Lipinski definition) is 2. The summed E-state index contributed by atoms with van der Waals surface area (Å²) < 4.78 is 12.4. The molecule has 29 heavy (non-hydrogen) atoms. The summed E-state index contributed by atoms with van der Waals surface area (Å²) in [4.78, 5) is 8.36. The van der Waals surface area contributed by atoms with E-state index in [1.807, 2.05) is 36.0 Å². The fraction of sp³-hybridized carbons (Fsp3) is 0.250. The van der Waals surface area contributed by atoms with Crippen molar-refractivity contribution in [1.82, 2.24) is 30.0 Å². The van der Waals surface area contributed by atoms with Crippen LogP contribution in [0.15, 0.2) is 43.0 Å². The second-order valence-electron chi connectivity index (χ2n) is 6.23. The molecule has 3 rings (SSSR count). The van der Waals surface area contributed by atoms with Gasteiger partial charge in [0.25, 0.3) is 0 Å². The SMILES string of the molecule is CN/C=C\C(=N)Cn1ccc(-c2cc(-c3cnc(OC)nc3OC)nnc2C)c1. The zero-order valence-corrected chi connectivity index (χ0v) is 16.8. The number of nitrogens with zero attached hydrogens (tertiary/aromatic N) is 5. The Morgan fingerprint density at radius 1 is 1.24 bits per heavy atom. The number of allylic oxidation sites excluding steroid dienone is 1. The van der Waals surface area contributed by atoms with Crippen molar-refractivity contribution < 1.29 is 9.47 Å². The monoisotopic (exact) mass is 393 g/mol. The number of hydrogen-bond acceptors (Lipinski definition) is 8. The maximum atomic E-state index is 8.00. The molecule has 3 heterocycles. The molecular formula is C20H23N7O2. The molecule has 9 heteroatoms. The number of aryl methyl sites for hydroxylation is 1. The first kappa shape index (κ1) is 20.0. The molecule has 3 aromatic heterocycles. The van der Waals surface area contributed by atoms with Gasteiger partial charge in [0.05, 0.1) is 37.7 Å². The highest BCUT2D eigenvalue weighted by Gasteiger charge is 2.15. The molecule has 0 spiro atoms. The van der Waals surface area contributed by atoms with Gasteiger partial charge in [0.2, 0.25) is 5.88 Å². The van der Waals surface area contributed by atoms with E-state index in [9.17, 15) is 0 Å². The zero-order valence-electron chi connectivity index (χ0n) is 16.8. The van der Waals surface area contributed by atoms with E-state index in [-0.39, 0.29) is 6.01 Å². The molecule has 0 fully saturated rings. The van der Waals surface area contributed by atoms with Gasteiger partial charge in [-0.3, -0.25) is 0 Å². The van der Waals surface area contributed by atoms with Gasteiger partial charge in [-0.05, 0) is 31.3 Å². The fourth-order valence-corrected chi connectivity index (χ4v) is 2.79. The molecule has 2 N–H and O–H groups in total. The van der Waals surface area contributed by atoms with Crippen LogP contribution in [0, 0.1) is 12.3 Å². The van der Waals surface area contributed by atoms with E-state index in [4.69, 9.17) is 14.9 Å². The fourth-order valence-electron chi connectivity index (χ4n) is 2.79. The number of ether oxygens (including phenoxy) is 2. The summed E-state index contributed by atoms with van der Waals surface area (Å²) in [7, 11) is 4.83. The van der Waals surface area contributed by atoms with Crippen LogP contribution in [0.3, 0.4) is 0 Å². The summed E-state index contributed by atoms with van der Waals surface area (Å²) in [6, 6.07) is 4.14. The van der Waals surface area contributed by atoms with Gasteiger partial charge in [0.15, 0.2) is 0 Å². The Balaban J connectivity index is 1.93. The van der Waals surface area contributed by atoms with E-state index in [1.54, 1.807) is 25.5 Å². The van der Waals surface area contributed by atoms with Crippen LogP contribution >= 0.6 is 0 Å². The minimum atomic E-state index is 0.220. The maximum Gasteiger partial charge on any atom is 0.319 e.